The molecule has 0 aliphatic carbocycles. The van der Waals surface area contributed by atoms with E-state index in [9.17, 15) is 4.79 Å². The van der Waals surface area contributed by atoms with Gasteiger partial charge in [-0.25, -0.2) is 9.61 Å². The minimum atomic E-state index is -0.182. The van der Waals surface area contributed by atoms with Gasteiger partial charge in [0, 0.05) is 11.5 Å². The summed E-state index contributed by atoms with van der Waals surface area (Å²) in [6.45, 7) is 3.79. The maximum absolute atomic E-state index is 12.1. The molecule has 0 aliphatic heterocycles. The SMILES string of the molecule is CCc1cc2ccc(OC)cc2nc1SCC(=O)Nc1nonc1C. The number of amides is 1. The van der Waals surface area contributed by atoms with Crippen LogP contribution in [0.1, 0.15) is 18.2 Å². The summed E-state index contributed by atoms with van der Waals surface area (Å²) in [6, 6.07) is 7.90. The molecule has 8 heteroatoms. The lowest BCUT2D eigenvalue weighted by molar-refractivity contribution is -0.113. The molecule has 0 radical (unpaired) electrons. The summed E-state index contributed by atoms with van der Waals surface area (Å²) in [5.74, 6) is 1.14. The van der Waals surface area contributed by atoms with Crippen LogP contribution in [-0.4, -0.2) is 34.1 Å². The fourth-order valence-corrected chi connectivity index (χ4v) is 3.22. The Morgan fingerprint density at radius 1 is 1.32 bits per heavy atom. The zero-order chi connectivity index (χ0) is 17.8. The van der Waals surface area contributed by atoms with Crippen molar-refractivity contribution in [2.45, 2.75) is 25.3 Å². The molecule has 0 saturated carbocycles. The summed E-state index contributed by atoms with van der Waals surface area (Å²) in [6.07, 6.45) is 0.839. The number of thioether (sulfide) groups is 1. The molecular formula is C17H18N4O3S. The predicted molar refractivity (Wildman–Crippen MR) is 96.1 cm³/mol. The Labute approximate surface area is 149 Å². The standard InChI is InChI=1S/C17H18N4O3S/c1-4-11-7-12-5-6-13(23-3)8-14(12)18-17(11)25-9-15(22)19-16-10(2)20-24-21-16/h5-8H,4,9H2,1-3H3,(H,19,21,22). The molecule has 2 heterocycles. The van der Waals surface area contributed by atoms with E-state index in [4.69, 9.17) is 9.72 Å². The maximum Gasteiger partial charge on any atom is 0.236 e. The lowest BCUT2D eigenvalue weighted by Gasteiger charge is -2.10. The van der Waals surface area contributed by atoms with Gasteiger partial charge in [-0.2, -0.15) is 0 Å². The Kier molecular flexibility index (Phi) is 5.18. The highest BCUT2D eigenvalue weighted by molar-refractivity contribution is 8.00. The molecule has 25 heavy (non-hydrogen) atoms. The number of benzene rings is 1. The Hall–Kier alpha value is -2.61. The van der Waals surface area contributed by atoms with Crippen molar-refractivity contribution < 1.29 is 14.2 Å². The minimum Gasteiger partial charge on any atom is -0.497 e. The van der Waals surface area contributed by atoms with E-state index in [0.717, 1.165) is 33.7 Å². The second kappa shape index (κ2) is 7.52. The van der Waals surface area contributed by atoms with Gasteiger partial charge in [0.25, 0.3) is 0 Å². The van der Waals surface area contributed by atoms with E-state index < -0.39 is 0 Å². The molecule has 3 rings (SSSR count). The highest BCUT2D eigenvalue weighted by Gasteiger charge is 2.13. The first-order valence-corrected chi connectivity index (χ1v) is 8.78. The van der Waals surface area contributed by atoms with Gasteiger partial charge in [0.15, 0.2) is 5.82 Å². The Morgan fingerprint density at radius 2 is 2.16 bits per heavy atom. The number of aryl methyl sites for hydroxylation is 2. The van der Waals surface area contributed by atoms with Crippen LogP contribution in [0.15, 0.2) is 33.9 Å². The van der Waals surface area contributed by atoms with Crippen molar-refractivity contribution in [2.75, 3.05) is 18.2 Å². The van der Waals surface area contributed by atoms with Crippen molar-refractivity contribution in [1.29, 1.82) is 0 Å². The molecule has 0 aliphatic rings. The maximum atomic E-state index is 12.1. The van der Waals surface area contributed by atoms with Crippen LogP contribution in [0.4, 0.5) is 5.82 Å². The number of nitrogens with zero attached hydrogens (tertiary/aromatic N) is 3. The molecule has 0 bridgehead atoms. The average molecular weight is 358 g/mol. The molecule has 130 valence electrons. The Bertz CT molecular complexity index is 910. The summed E-state index contributed by atoms with van der Waals surface area (Å²) in [4.78, 5) is 16.8. The summed E-state index contributed by atoms with van der Waals surface area (Å²) in [7, 11) is 1.63. The molecule has 7 nitrogen and oxygen atoms in total. The van der Waals surface area contributed by atoms with Gasteiger partial charge in [-0.15, -0.1) is 0 Å². The monoisotopic (exact) mass is 358 g/mol. The van der Waals surface area contributed by atoms with E-state index in [0.29, 0.717) is 11.5 Å². The van der Waals surface area contributed by atoms with Crippen LogP contribution >= 0.6 is 11.8 Å². The Morgan fingerprint density at radius 3 is 2.84 bits per heavy atom. The normalized spacial score (nSPS) is 10.8. The third-order valence-electron chi connectivity index (χ3n) is 3.70. The van der Waals surface area contributed by atoms with Crippen LogP contribution in [0.2, 0.25) is 0 Å². The van der Waals surface area contributed by atoms with Crippen molar-refractivity contribution >= 4 is 34.4 Å². The van der Waals surface area contributed by atoms with Crippen molar-refractivity contribution in [1.82, 2.24) is 15.3 Å². The van der Waals surface area contributed by atoms with E-state index in [-0.39, 0.29) is 11.7 Å². The number of ether oxygens (including phenoxy) is 1. The topological polar surface area (TPSA) is 90.1 Å². The summed E-state index contributed by atoms with van der Waals surface area (Å²) < 4.78 is 9.82. The second-order valence-electron chi connectivity index (χ2n) is 5.40. The first-order chi connectivity index (χ1) is 12.1. The number of hydrogen-bond acceptors (Lipinski definition) is 7. The van der Waals surface area contributed by atoms with Crippen molar-refractivity contribution in [3.05, 3.63) is 35.5 Å². The van der Waals surface area contributed by atoms with Crippen molar-refractivity contribution in [3.63, 3.8) is 0 Å². The summed E-state index contributed by atoms with van der Waals surface area (Å²) in [5, 5.41) is 11.9. The quantitative estimate of drug-likeness (QED) is 0.677. The number of aromatic nitrogens is 3. The minimum absolute atomic E-state index is 0.182. The van der Waals surface area contributed by atoms with Crippen molar-refractivity contribution in [2.24, 2.45) is 0 Å². The number of anilines is 1. The fourth-order valence-electron chi connectivity index (χ4n) is 2.33. The zero-order valence-electron chi connectivity index (χ0n) is 14.2. The molecule has 0 atom stereocenters. The smallest absolute Gasteiger partial charge is 0.236 e. The van der Waals surface area contributed by atoms with Gasteiger partial charge in [-0.1, -0.05) is 23.8 Å². The number of nitrogens with one attached hydrogen (secondary N) is 1. The Balaban J connectivity index is 1.77. The first kappa shape index (κ1) is 17.2. The molecule has 0 unspecified atom stereocenters. The number of hydrogen-bond donors (Lipinski definition) is 1. The number of methoxy groups -OCH3 is 1. The molecule has 0 spiro atoms. The van der Waals surface area contributed by atoms with Gasteiger partial charge in [-0.3, -0.25) is 4.79 Å². The predicted octanol–water partition coefficient (Wildman–Crippen LogP) is 3.23. The van der Waals surface area contributed by atoms with Gasteiger partial charge < -0.3 is 10.1 Å². The van der Waals surface area contributed by atoms with E-state index in [2.05, 4.69) is 33.2 Å². The van der Waals surface area contributed by atoms with Crippen LogP contribution in [0.3, 0.4) is 0 Å². The molecule has 0 fully saturated rings. The van der Waals surface area contributed by atoms with E-state index in [1.165, 1.54) is 11.8 Å². The lowest BCUT2D eigenvalue weighted by atomic mass is 10.1. The highest BCUT2D eigenvalue weighted by atomic mass is 32.2. The fraction of sp³-hybridized carbons (Fsp3) is 0.294. The average Bonchev–Trinajstić information content (AvgIpc) is 3.03. The van der Waals surface area contributed by atoms with E-state index in [1.54, 1.807) is 14.0 Å². The molecule has 3 aromatic rings. The third-order valence-corrected chi connectivity index (χ3v) is 4.73. The van der Waals surface area contributed by atoms with Gasteiger partial charge in [0.05, 0.1) is 18.4 Å². The van der Waals surface area contributed by atoms with Crippen LogP contribution in [0.5, 0.6) is 5.75 Å². The zero-order valence-corrected chi connectivity index (χ0v) is 15.0. The molecule has 0 saturated heterocycles. The molecule has 1 N–H and O–H groups in total. The summed E-state index contributed by atoms with van der Waals surface area (Å²) >= 11 is 1.39. The van der Waals surface area contributed by atoms with Gasteiger partial charge in [0.2, 0.25) is 5.91 Å². The summed E-state index contributed by atoms with van der Waals surface area (Å²) in [5.41, 5.74) is 2.49. The van der Waals surface area contributed by atoms with E-state index in [1.807, 2.05) is 18.2 Å². The number of fused-ring (bicyclic) bond motifs is 1. The second-order valence-corrected chi connectivity index (χ2v) is 6.36. The highest BCUT2D eigenvalue weighted by Crippen LogP contribution is 2.27. The van der Waals surface area contributed by atoms with E-state index >= 15 is 0 Å². The first-order valence-electron chi connectivity index (χ1n) is 7.80. The van der Waals surface area contributed by atoms with Gasteiger partial charge in [0.1, 0.15) is 16.5 Å². The number of pyridine rings is 1. The van der Waals surface area contributed by atoms with Gasteiger partial charge >= 0.3 is 0 Å². The lowest BCUT2D eigenvalue weighted by Crippen LogP contribution is -2.15. The van der Waals surface area contributed by atoms with Gasteiger partial charge in [-0.05, 0) is 42.3 Å². The van der Waals surface area contributed by atoms with Crippen LogP contribution in [0.25, 0.3) is 10.9 Å². The third kappa shape index (κ3) is 3.90. The largest absolute Gasteiger partial charge is 0.497 e. The number of carbonyl (C=O) groups excluding carboxylic acids is 1. The number of rotatable bonds is 6. The van der Waals surface area contributed by atoms with Crippen LogP contribution < -0.4 is 10.1 Å². The van der Waals surface area contributed by atoms with Crippen LogP contribution in [-0.2, 0) is 11.2 Å². The molecule has 1 amide bonds. The van der Waals surface area contributed by atoms with Crippen LogP contribution in [0, 0.1) is 6.92 Å². The number of carbonyl (C=O) groups is 1. The molecule has 1 aromatic carbocycles. The molecule has 2 aromatic heterocycles. The van der Waals surface area contributed by atoms with Crippen molar-refractivity contribution in [3.8, 4) is 5.75 Å². The molecular weight excluding hydrogens is 340 g/mol.